The fourth-order valence-electron chi connectivity index (χ4n) is 2.88. The topological polar surface area (TPSA) is 110 Å². The van der Waals surface area contributed by atoms with Gasteiger partial charge in [-0.2, -0.15) is 0 Å². The molecule has 0 heterocycles. The van der Waals surface area contributed by atoms with Crippen molar-refractivity contribution in [2.24, 2.45) is 0 Å². The number of carbonyl (C=O) groups is 2. The Morgan fingerprint density at radius 1 is 0.889 bits per heavy atom. The minimum atomic E-state index is -4.72. The van der Waals surface area contributed by atoms with Crippen molar-refractivity contribution in [1.29, 1.82) is 0 Å². The van der Waals surface area contributed by atoms with Gasteiger partial charge in [0.15, 0.2) is 5.75 Å². The zero-order valence-electron chi connectivity index (χ0n) is 17.7. The van der Waals surface area contributed by atoms with E-state index in [0.717, 1.165) is 4.47 Å². The first-order valence-electron chi connectivity index (χ1n) is 9.42. The first-order chi connectivity index (χ1) is 16.8. The van der Waals surface area contributed by atoms with Crippen LogP contribution in [0.2, 0.25) is 0 Å². The monoisotopic (exact) mass is 921 g/mol. The molecule has 3 aromatic rings. The molecule has 0 atom stereocenters. The van der Waals surface area contributed by atoms with E-state index in [1.807, 2.05) is 0 Å². The SMILES string of the molecule is CC#Cc1ccc(C(=O)Oc2c(Br)cc(Br)cc2Br)c(C(=O)Oc2cc(I)c(S(=O)(=O)[O-])c(I)c2)c1. The van der Waals surface area contributed by atoms with Gasteiger partial charge >= 0.3 is 11.9 Å². The maximum absolute atomic E-state index is 13.1. The molecule has 0 fully saturated rings. The van der Waals surface area contributed by atoms with Gasteiger partial charge in [-0.15, -0.1) is 5.92 Å². The standard InChI is InChI=1S/C23H11Br3I2O7S/c1-2-3-11-4-5-14(22(29)35-20-16(25)7-12(24)8-17(20)26)15(6-11)23(30)34-13-9-18(27)21(19(28)10-13)36(31,32)33/h4-10H,1H3,(H,31,32,33)/p-1. The zero-order chi connectivity index (χ0) is 26.8. The molecule has 7 nitrogen and oxygen atoms in total. The van der Waals surface area contributed by atoms with Gasteiger partial charge in [0.1, 0.15) is 15.9 Å². The quantitative estimate of drug-likeness (QED) is 0.0902. The number of halogens is 5. The molecule has 36 heavy (non-hydrogen) atoms. The van der Waals surface area contributed by atoms with Crippen LogP contribution >= 0.6 is 93.0 Å². The van der Waals surface area contributed by atoms with Crippen molar-refractivity contribution < 1.29 is 32.0 Å². The molecular formula is C23H10Br3I2O7S-. The molecule has 3 aromatic carbocycles. The maximum Gasteiger partial charge on any atom is 0.344 e. The molecule has 0 amide bonds. The number of carbonyl (C=O) groups excluding carboxylic acids is 2. The van der Waals surface area contributed by atoms with Gasteiger partial charge in [0.25, 0.3) is 0 Å². The van der Waals surface area contributed by atoms with Gasteiger partial charge < -0.3 is 14.0 Å². The first kappa shape index (κ1) is 29.5. The van der Waals surface area contributed by atoms with Crippen LogP contribution in [0.3, 0.4) is 0 Å². The third-order valence-corrected chi connectivity index (χ3v) is 9.33. The summed E-state index contributed by atoms with van der Waals surface area (Å²) >= 11 is 13.4. The highest BCUT2D eigenvalue weighted by Crippen LogP contribution is 2.37. The average molecular weight is 924 g/mol. The Bertz CT molecular complexity index is 1530. The van der Waals surface area contributed by atoms with Gasteiger partial charge in [-0.25, -0.2) is 18.0 Å². The van der Waals surface area contributed by atoms with E-state index in [-0.39, 0.29) is 29.8 Å². The van der Waals surface area contributed by atoms with E-state index in [1.54, 1.807) is 70.3 Å². The average Bonchev–Trinajstić information content (AvgIpc) is 2.74. The van der Waals surface area contributed by atoms with Crippen LogP contribution in [-0.4, -0.2) is 24.9 Å². The molecule has 0 saturated heterocycles. The van der Waals surface area contributed by atoms with Gasteiger partial charge in [0.2, 0.25) is 0 Å². The zero-order valence-corrected chi connectivity index (χ0v) is 27.6. The summed E-state index contributed by atoms with van der Waals surface area (Å²) in [6, 6.07) is 10.2. The minimum absolute atomic E-state index is 0.00843. The Labute approximate surface area is 259 Å². The lowest BCUT2D eigenvalue weighted by Crippen LogP contribution is -2.18. The van der Waals surface area contributed by atoms with E-state index < -0.39 is 27.0 Å². The van der Waals surface area contributed by atoms with E-state index in [4.69, 9.17) is 9.47 Å². The summed E-state index contributed by atoms with van der Waals surface area (Å²) in [6.45, 7) is 1.62. The molecular weight excluding hydrogens is 914 g/mol. The second-order valence-corrected chi connectivity index (χ2v) is 13.0. The molecule has 0 aliphatic heterocycles. The highest BCUT2D eigenvalue weighted by molar-refractivity contribution is 14.1. The number of ether oxygens (including phenoxy) is 2. The third kappa shape index (κ3) is 7.08. The van der Waals surface area contributed by atoms with Crippen LogP contribution < -0.4 is 9.47 Å². The number of hydrogen-bond donors (Lipinski definition) is 0. The highest BCUT2D eigenvalue weighted by atomic mass is 127. The predicted molar refractivity (Wildman–Crippen MR) is 158 cm³/mol. The fraction of sp³-hybridized carbons (Fsp3) is 0.0435. The molecule has 0 spiro atoms. The van der Waals surface area contributed by atoms with Crippen LogP contribution in [-0.2, 0) is 10.1 Å². The number of hydrogen-bond acceptors (Lipinski definition) is 7. The number of benzene rings is 3. The van der Waals surface area contributed by atoms with Crippen molar-refractivity contribution in [2.75, 3.05) is 0 Å². The minimum Gasteiger partial charge on any atom is -0.744 e. The number of esters is 2. The molecule has 0 N–H and O–H groups in total. The summed E-state index contributed by atoms with van der Waals surface area (Å²) in [4.78, 5) is 25.8. The Hall–Kier alpha value is -1.03. The lowest BCUT2D eigenvalue weighted by Gasteiger charge is -2.15. The largest absolute Gasteiger partial charge is 0.744 e. The Kier molecular flexibility index (Phi) is 10.0. The first-order valence-corrected chi connectivity index (χ1v) is 15.4. The Balaban J connectivity index is 2.02. The third-order valence-electron chi connectivity index (χ3n) is 4.32. The van der Waals surface area contributed by atoms with Crippen molar-refractivity contribution in [3.63, 3.8) is 0 Å². The van der Waals surface area contributed by atoms with E-state index in [2.05, 4.69) is 59.6 Å². The summed E-state index contributed by atoms with van der Waals surface area (Å²) in [5.41, 5.74) is 0.269. The molecule has 0 saturated carbocycles. The van der Waals surface area contributed by atoms with Gasteiger partial charge in [-0.3, -0.25) is 0 Å². The van der Waals surface area contributed by atoms with Crippen molar-refractivity contribution >= 4 is 115 Å². The van der Waals surface area contributed by atoms with Gasteiger partial charge in [-0.05, 0) is 126 Å². The number of rotatable bonds is 5. The van der Waals surface area contributed by atoms with E-state index >= 15 is 0 Å². The van der Waals surface area contributed by atoms with Crippen LogP contribution in [0, 0.1) is 19.0 Å². The van der Waals surface area contributed by atoms with Gasteiger partial charge in [-0.1, -0.05) is 21.9 Å². The van der Waals surface area contributed by atoms with E-state index in [1.165, 1.54) is 24.3 Å². The highest BCUT2D eigenvalue weighted by Gasteiger charge is 2.24. The Morgan fingerprint density at radius 2 is 1.44 bits per heavy atom. The van der Waals surface area contributed by atoms with Crippen molar-refractivity contribution in [3.05, 3.63) is 79.7 Å². The molecule has 13 heteroatoms. The summed E-state index contributed by atoms with van der Waals surface area (Å²) in [6.07, 6.45) is 0. The summed E-state index contributed by atoms with van der Waals surface area (Å²) in [5, 5.41) is 0. The predicted octanol–water partition coefficient (Wildman–Crippen LogP) is 6.90. The van der Waals surface area contributed by atoms with Crippen LogP contribution in [0.4, 0.5) is 0 Å². The van der Waals surface area contributed by atoms with Gasteiger partial charge in [0, 0.05) is 17.2 Å². The molecule has 0 aromatic heterocycles. The molecule has 3 rings (SSSR count). The van der Waals surface area contributed by atoms with Crippen LogP contribution in [0.5, 0.6) is 11.5 Å². The summed E-state index contributed by atoms with van der Waals surface area (Å²) in [5.74, 6) is 4.01. The van der Waals surface area contributed by atoms with Crippen molar-refractivity contribution in [1.82, 2.24) is 0 Å². The molecule has 0 radical (unpaired) electrons. The van der Waals surface area contributed by atoms with E-state index in [0.29, 0.717) is 14.5 Å². The maximum atomic E-state index is 13.1. The van der Waals surface area contributed by atoms with Gasteiger partial charge in [0.05, 0.1) is 25.0 Å². The van der Waals surface area contributed by atoms with Crippen LogP contribution in [0.15, 0.2) is 60.8 Å². The molecule has 0 bridgehead atoms. The second-order valence-electron chi connectivity index (χ2n) is 6.78. The fourth-order valence-corrected chi connectivity index (χ4v) is 9.23. The smallest absolute Gasteiger partial charge is 0.344 e. The summed E-state index contributed by atoms with van der Waals surface area (Å²) in [7, 11) is -4.72. The second kappa shape index (κ2) is 12.2. The molecule has 186 valence electrons. The van der Waals surface area contributed by atoms with Crippen LogP contribution in [0.1, 0.15) is 33.2 Å². The van der Waals surface area contributed by atoms with Crippen LogP contribution in [0.25, 0.3) is 0 Å². The van der Waals surface area contributed by atoms with Crippen molar-refractivity contribution in [3.8, 4) is 23.3 Å². The van der Waals surface area contributed by atoms with Crippen molar-refractivity contribution in [2.45, 2.75) is 11.8 Å². The van der Waals surface area contributed by atoms with E-state index in [9.17, 15) is 22.6 Å². The Morgan fingerprint density at radius 3 is 1.97 bits per heavy atom. The molecule has 0 unspecified atom stereocenters. The molecule has 0 aliphatic rings. The summed E-state index contributed by atoms with van der Waals surface area (Å²) < 4.78 is 47.5. The molecule has 0 aliphatic carbocycles. The normalized spacial score (nSPS) is 10.9. The lowest BCUT2D eigenvalue weighted by atomic mass is 10.0. The lowest BCUT2D eigenvalue weighted by molar-refractivity contribution is 0.0690.